The second-order valence-electron chi connectivity index (χ2n) is 5.47. The van der Waals surface area contributed by atoms with E-state index in [1.54, 1.807) is 0 Å². The van der Waals surface area contributed by atoms with Crippen LogP contribution in [0.15, 0.2) is 0 Å². The van der Waals surface area contributed by atoms with Crippen molar-refractivity contribution in [3.05, 3.63) is 0 Å². The maximum Gasteiger partial charge on any atom is 0.0107 e. The van der Waals surface area contributed by atoms with Gasteiger partial charge < -0.3 is 10.2 Å². The van der Waals surface area contributed by atoms with Crippen LogP contribution in [0.2, 0.25) is 0 Å². The quantitative estimate of drug-likeness (QED) is 0.749. The van der Waals surface area contributed by atoms with Crippen molar-refractivity contribution in [1.29, 1.82) is 0 Å². The molecule has 0 aliphatic carbocycles. The zero-order valence-corrected chi connectivity index (χ0v) is 11.5. The molecule has 96 valence electrons. The lowest BCUT2D eigenvalue weighted by Crippen LogP contribution is -2.39. The molecule has 0 saturated carbocycles. The largest absolute Gasteiger partial charge is 0.312 e. The van der Waals surface area contributed by atoms with Crippen LogP contribution in [0.3, 0.4) is 0 Å². The molecule has 0 bridgehead atoms. The minimum absolute atomic E-state index is 0.701. The summed E-state index contributed by atoms with van der Waals surface area (Å²) < 4.78 is 0. The average molecular weight is 226 g/mol. The van der Waals surface area contributed by atoms with E-state index in [1.807, 2.05) is 0 Å². The van der Waals surface area contributed by atoms with Gasteiger partial charge in [-0.1, -0.05) is 33.6 Å². The van der Waals surface area contributed by atoms with Gasteiger partial charge >= 0.3 is 0 Å². The van der Waals surface area contributed by atoms with E-state index in [0.29, 0.717) is 6.04 Å². The van der Waals surface area contributed by atoms with Crippen molar-refractivity contribution in [3.8, 4) is 0 Å². The van der Waals surface area contributed by atoms with Crippen molar-refractivity contribution < 1.29 is 0 Å². The van der Waals surface area contributed by atoms with Gasteiger partial charge in [0.05, 0.1) is 0 Å². The molecule has 1 rings (SSSR count). The first-order valence-electron chi connectivity index (χ1n) is 7.19. The van der Waals surface area contributed by atoms with E-state index in [4.69, 9.17) is 0 Å². The van der Waals surface area contributed by atoms with Gasteiger partial charge in [-0.2, -0.15) is 0 Å². The van der Waals surface area contributed by atoms with E-state index < -0.39 is 0 Å². The highest BCUT2D eigenvalue weighted by Gasteiger charge is 2.11. The summed E-state index contributed by atoms with van der Waals surface area (Å²) in [5, 5.41) is 3.69. The summed E-state index contributed by atoms with van der Waals surface area (Å²) in [6.07, 6.45) is 6.93. The summed E-state index contributed by atoms with van der Waals surface area (Å²) in [5.41, 5.74) is 0. The average Bonchev–Trinajstić information content (AvgIpc) is 2.52. The van der Waals surface area contributed by atoms with Crippen molar-refractivity contribution in [2.45, 2.75) is 58.9 Å². The van der Waals surface area contributed by atoms with Gasteiger partial charge in [-0.25, -0.2) is 0 Å². The van der Waals surface area contributed by atoms with Gasteiger partial charge in [-0.05, 0) is 38.3 Å². The molecule has 1 N–H and O–H groups in total. The molecule has 0 spiro atoms. The Balaban J connectivity index is 2.13. The normalized spacial score (nSPS) is 21.0. The van der Waals surface area contributed by atoms with Gasteiger partial charge in [-0.3, -0.25) is 0 Å². The molecule has 1 fully saturated rings. The Morgan fingerprint density at radius 2 is 1.69 bits per heavy atom. The lowest BCUT2D eigenvalue weighted by atomic mass is 10.0. The first-order valence-corrected chi connectivity index (χ1v) is 7.19. The smallest absolute Gasteiger partial charge is 0.0107 e. The molecule has 1 heterocycles. The van der Waals surface area contributed by atoms with E-state index in [9.17, 15) is 0 Å². The third-order valence-corrected chi connectivity index (χ3v) is 3.78. The molecular weight excluding hydrogens is 196 g/mol. The molecule has 16 heavy (non-hydrogen) atoms. The molecule has 1 aliphatic rings. The van der Waals surface area contributed by atoms with E-state index in [-0.39, 0.29) is 0 Å². The number of nitrogens with one attached hydrogen (secondary N) is 1. The number of rotatable bonds is 6. The summed E-state index contributed by atoms with van der Waals surface area (Å²) in [6, 6.07) is 0.701. The zero-order valence-electron chi connectivity index (χ0n) is 11.5. The lowest BCUT2D eigenvalue weighted by Gasteiger charge is -2.24. The van der Waals surface area contributed by atoms with Gasteiger partial charge in [0.25, 0.3) is 0 Å². The van der Waals surface area contributed by atoms with E-state index in [0.717, 1.165) is 12.5 Å². The first kappa shape index (κ1) is 14.0. The minimum atomic E-state index is 0.701. The van der Waals surface area contributed by atoms with Crippen molar-refractivity contribution in [3.63, 3.8) is 0 Å². The minimum Gasteiger partial charge on any atom is -0.312 e. The monoisotopic (exact) mass is 226 g/mol. The number of nitrogens with zero attached hydrogens (tertiary/aromatic N) is 1. The molecule has 0 aromatic rings. The summed E-state index contributed by atoms with van der Waals surface area (Å²) in [7, 11) is 0. The Bertz CT molecular complexity index is 160. The van der Waals surface area contributed by atoms with Gasteiger partial charge in [0, 0.05) is 19.1 Å². The van der Waals surface area contributed by atoms with Crippen LogP contribution in [-0.2, 0) is 0 Å². The fourth-order valence-electron chi connectivity index (χ4n) is 2.62. The van der Waals surface area contributed by atoms with Crippen LogP contribution in [0.1, 0.15) is 52.9 Å². The van der Waals surface area contributed by atoms with E-state index in [1.165, 1.54) is 51.7 Å². The Labute approximate surface area is 102 Å². The Morgan fingerprint density at radius 1 is 1.06 bits per heavy atom. The third-order valence-electron chi connectivity index (χ3n) is 3.78. The molecule has 1 atom stereocenters. The van der Waals surface area contributed by atoms with Crippen LogP contribution in [0.5, 0.6) is 0 Å². The van der Waals surface area contributed by atoms with Crippen LogP contribution in [-0.4, -0.2) is 37.1 Å². The second kappa shape index (κ2) is 8.08. The fourth-order valence-corrected chi connectivity index (χ4v) is 2.62. The summed E-state index contributed by atoms with van der Waals surface area (Å²) in [6.45, 7) is 11.9. The van der Waals surface area contributed by atoms with Gasteiger partial charge in [0.1, 0.15) is 0 Å². The first-order chi connectivity index (χ1) is 7.74. The second-order valence-corrected chi connectivity index (χ2v) is 5.47. The van der Waals surface area contributed by atoms with E-state index in [2.05, 4.69) is 31.0 Å². The number of hydrogen-bond donors (Lipinski definition) is 1. The molecule has 1 aliphatic heterocycles. The van der Waals surface area contributed by atoms with Crippen molar-refractivity contribution in [1.82, 2.24) is 10.2 Å². The van der Waals surface area contributed by atoms with Crippen molar-refractivity contribution >= 4 is 0 Å². The molecule has 0 amide bonds. The standard InChI is InChI=1S/C14H30N2/c1-4-14(13(2)3)15-9-12-16-10-7-5-6-8-11-16/h13-15H,4-12H2,1-3H3. The molecule has 2 nitrogen and oxygen atoms in total. The number of likely N-dealkylation sites (tertiary alicyclic amines) is 1. The van der Waals surface area contributed by atoms with Crippen molar-refractivity contribution in [2.75, 3.05) is 26.2 Å². The fraction of sp³-hybridized carbons (Fsp3) is 1.00. The van der Waals surface area contributed by atoms with Crippen LogP contribution < -0.4 is 5.32 Å². The van der Waals surface area contributed by atoms with Crippen LogP contribution >= 0.6 is 0 Å². The highest BCUT2D eigenvalue weighted by molar-refractivity contribution is 4.70. The lowest BCUT2D eigenvalue weighted by molar-refractivity contribution is 0.270. The summed E-state index contributed by atoms with van der Waals surface area (Å²) in [4.78, 5) is 2.63. The SMILES string of the molecule is CCC(NCCN1CCCCCC1)C(C)C. The van der Waals surface area contributed by atoms with Gasteiger partial charge in [-0.15, -0.1) is 0 Å². The van der Waals surface area contributed by atoms with Crippen LogP contribution in [0, 0.1) is 5.92 Å². The Kier molecular flexibility index (Phi) is 7.06. The zero-order chi connectivity index (χ0) is 11.8. The predicted octanol–water partition coefficient (Wildman–Crippen LogP) is 2.89. The third kappa shape index (κ3) is 5.31. The Hall–Kier alpha value is -0.0800. The molecule has 1 saturated heterocycles. The topological polar surface area (TPSA) is 15.3 Å². The molecule has 0 aromatic carbocycles. The summed E-state index contributed by atoms with van der Waals surface area (Å²) in [5.74, 6) is 0.758. The number of hydrogen-bond acceptors (Lipinski definition) is 2. The highest BCUT2D eigenvalue weighted by atomic mass is 15.1. The highest BCUT2D eigenvalue weighted by Crippen LogP contribution is 2.09. The molecule has 2 heteroatoms. The van der Waals surface area contributed by atoms with E-state index >= 15 is 0 Å². The van der Waals surface area contributed by atoms with Crippen LogP contribution in [0.25, 0.3) is 0 Å². The molecule has 0 aromatic heterocycles. The van der Waals surface area contributed by atoms with Crippen LogP contribution in [0.4, 0.5) is 0 Å². The molecular formula is C14H30N2. The molecule has 1 unspecified atom stereocenters. The predicted molar refractivity (Wildman–Crippen MR) is 71.8 cm³/mol. The molecule has 0 radical (unpaired) electrons. The van der Waals surface area contributed by atoms with Crippen molar-refractivity contribution in [2.24, 2.45) is 5.92 Å². The Morgan fingerprint density at radius 3 is 2.19 bits per heavy atom. The van der Waals surface area contributed by atoms with Gasteiger partial charge in [0.15, 0.2) is 0 Å². The maximum absolute atomic E-state index is 3.69. The van der Waals surface area contributed by atoms with Gasteiger partial charge in [0.2, 0.25) is 0 Å². The maximum atomic E-state index is 3.69. The summed E-state index contributed by atoms with van der Waals surface area (Å²) >= 11 is 0.